The predicted molar refractivity (Wildman–Crippen MR) is 83.9 cm³/mol. The van der Waals surface area contributed by atoms with E-state index in [4.69, 9.17) is 62.2 Å². The molecule has 1 aliphatic carbocycles. The number of hydrogen-bond donors (Lipinski definition) is 4. The molecule has 1 fully saturated rings. The van der Waals surface area contributed by atoms with Crippen molar-refractivity contribution in [2.24, 2.45) is 5.73 Å². The van der Waals surface area contributed by atoms with Crippen molar-refractivity contribution < 1.29 is 39.3 Å². The van der Waals surface area contributed by atoms with Crippen molar-refractivity contribution in [3.05, 3.63) is 0 Å². The van der Waals surface area contributed by atoms with Crippen LogP contribution in [0.15, 0.2) is 0 Å². The Hall–Kier alpha value is 2.88. The van der Waals surface area contributed by atoms with Crippen molar-refractivity contribution in [3.63, 3.8) is 0 Å². The summed E-state index contributed by atoms with van der Waals surface area (Å²) in [4.78, 5) is 0. The molecule has 1 rings (SSSR count). The molecule has 1 aliphatic rings. The Labute approximate surface area is 150 Å². The number of rotatable bonds is 0. The Morgan fingerprint density at radius 2 is 1.00 bits per heavy atom. The van der Waals surface area contributed by atoms with Crippen LogP contribution in [-0.2, 0) is 28.4 Å². The van der Waals surface area contributed by atoms with Crippen LogP contribution in [0.1, 0.15) is 25.7 Å². The van der Waals surface area contributed by atoms with Gasteiger partial charge >= 0.3 is 84.9 Å². The molecule has 15 N–H and O–H groups in total. The molecule has 0 aromatic carbocycles. The summed E-state index contributed by atoms with van der Waals surface area (Å²) >= 11 is -3.53. The van der Waals surface area contributed by atoms with Gasteiger partial charge in [-0.05, 0) is 12.8 Å². The van der Waals surface area contributed by atoms with Gasteiger partial charge in [0.15, 0.2) is 0 Å². The van der Waals surface area contributed by atoms with E-state index in [2.05, 4.69) is 0 Å². The Balaban J connectivity index is -0.0000000209. The molecule has 0 atom stereocenters. The standard InChI is InChI=1S/C5H11N.6ClH.3H3N.2H2O.2Pt/c6-5-3-1-2-4-5;;;;;;;;;;;;;/h5H,1-4,6H2;6*1H;3*1H3;2*1H2;;/q;;;;;;;;;;;;+2;+4/p-6. The predicted octanol–water partition coefficient (Wildman–Crippen LogP) is 3.86. The van der Waals surface area contributed by atoms with E-state index >= 15 is 0 Å². The average Bonchev–Trinajstić information content (AvgIpc) is 2.37. The quantitative estimate of drug-likeness (QED) is 0.291. The molecule has 0 heterocycles. The van der Waals surface area contributed by atoms with Crippen LogP contribution in [0, 0.1) is 0 Å². The van der Waals surface area contributed by atoms with Gasteiger partial charge in [-0.2, -0.15) is 0 Å². The number of nitrogens with two attached hydrogens (primary N) is 1. The van der Waals surface area contributed by atoms with E-state index in [9.17, 15) is 0 Å². The van der Waals surface area contributed by atoms with Gasteiger partial charge < -0.3 is 35.1 Å². The second kappa shape index (κ2) is 29.0. The molecule has 14 heteroatoms. The second-order valence-electron chi connectivity index (χ2n) is 2.36. The normalized spacial score (nSPS) is 13.2. The van der Waals surface area contributed by atoms with Crippen LogP contribution < -0.4 is 24.2 Å². The van der Waals surface area contributed by atoms with Gasteiger partial charge in [-0.15, -0.1) is 0 Å². The SMILES string of the molecule is N.N.N.NC1CCCC1.O.O.[Cl][Pt]([Cl])([Cl])[Cl].[Cl][Pt][Cl]. The van der Waals surface area contributed by atoms with Crippen LogP contribution in [0.4, 0.5) is 0 Å². The summed E-state index contributed by atoms with van der Waals surface area (Å²) in [5.74, 6) is 0. The molecule has 0 unspecified atom stereocenters. The van der Waals surface area contributed by atoms with Crippen LogP contribution in [0.3, 0.4) is 0 Å². The number of halogens is 6. The molecule has 0 spiro atoms. The van der Waals surface area contributed by atoms with Gasteiger partial charge in [0.2, 0.25) is 0 Å². The molecule has 138 valence electrons. The molecule has 19 heavy (non-hydrogen) atoms. The zero-order valence-corrected chi connectivity index (χ0v) is 19.1. The van der Waals surface area contributed by atoms with Gasteiger partial charge in [0.25, 0.3) is 0 Å². The van der Waals surface area contributed by atoms with E-state index in [1.54, 1.807) is 0 Å². The van der Waals surface area contributed by atoms with E-state index in [0.717, 1.165) is 0 Å². The Morgan fingerprint density at radius 1 is 0.842 bits per heavy atom. The van der Waals surface area contributed by atoms with Crippen LogP contribution in [-0.4, -0.2) is 17.0 Å². The molecule has 0 bridgehead atoms. The summed E-state index contributed by atoms with van der Waals surface area (Å²) < 4.78 is 0. The van der Waals surface area contributed by atoms with E-state index in [-0.39, 0.29) is 29.4 Å². The monoisotopic (exact) mass is 772 g/mol. The fraction of sp³-hybridized carbons (Fsp3) is 1.00. The van der Waals surface area contributed by atoms with Crippen LogP contribution >= 0.6 is 56.5 Å². The van der Waals surface area contributed by atoms with Crippen molar-refractivity contribution in [3.8, 4) is 0 Å². The van der Waals surface area contributed by atoms with E-state index in [0.29, 0.717) is 6.04 Å². The van der Waals surface area contributed by atoms with Crippen LogP contribution in [0.25, 0.3) is 0 Å². The molecule has 0 amide bonds. The summed E-state index contributed by atoms with van der Waals surface area (Å²) in [6.45, 7) is 0. The van der Waals surface area contributed by atoms with Crippen molar-refractivity contribution in [2.45, 2.75) is 31.7 Å². The van der Waals surface area contributed by atoms with Crippen LogP contribution in [0.5, 0.6) is 0 Å². The summed E-state index contributed by atoms with van der Waals surface area (Å²) in [6.07, 6.45) is 5.25. The van der Waals surface area contributed by atoms with Gasteiger partial charge in [0.05, 0.1) is 0 Å². The first-order valence-electron chi connectivity index (χ1n) is 3.37. The third-order valence-electron chi connectivity index (χ3n) is 1.40. The summed E-state index contributed by atoms with van der Waals surface area (Å²) in [6, 6.07) is 0.546. The Kier molecular flexibility index (Phi) is 65.7. The zero-order valence-electron chi connectivity index (χ0n) is 10.0. The number of hydrogen-bond acceptors (Lipinski definition) is 4. The summed E-state index contributed by atoms with van der Waals surface area (Å²) in [5.41, 5.74) is 5.53. The van der Waals surface area contributed by atoms with Crippen molar-refractivity contribution in [2.75, 3.05) is 0 Å². The maximum atomic E-state index is 5.53. The van der Waals surface area contributed by atoms with E-state index in [1.807, 2.05) is 0 Å². The molecular formula is C5H24Cl6N4O2Pt2. The molecule has 0 saturated heterocycles. The average molecular weight is 775 g/mol. The van der Waals surface area contributed by atoms with E-state index < -0.39 is 28.4 Å². The first-order chi connectivity index (χ1) is 6.31. The van der Waals surface area contributed by atoms with E-state index in [1.165, 1.54) is 25.7 Å². The topological polar surface area (TPSA) is 194 Å². The molecule has 0 aromatic heterocycles. The fourth-order valence-electron chi connectivity index (χ4n) is 0.957. The Morgan fingerprint density at radius 3 is 1.05 bits per heavy atom. The van der Waals surface area contributed by atoms with Gasteiger partial charge in [-0.1, -0.05) is 12.8 Å². The molecule has 1 saturated carbocycles. The third-order valence-corrected chi connectivity index (χ3v) is 1.40. The first kappa shape index (κ1) is 43.1. The molecule has 0 aliphatic heterocycles. The van der Waals surface area contributed by atoms with Gasteiger partial charge in [-0.3, -0.25) is 0 Å². The zero-order chi connectivity index (χ0) is 11.6. The molecule has 0 radical (unpaired) electrons. The van der Waals surface area contributed by atoms with Crippen molar-refractivity contribution >= 4 is 56.5 Å². The minimum atomic E-state index is -3.06. The molecule has 0 aromatic rings. The minimum absolute atomic E-state index is 0. The fourth-order valence-corrected chi connectivity index (χ4v) is 0.957. The summed E-state index contributed by atoms with van der Waals surface area (Å²) in [5, 5.41) is 0. The maximum absolute atomic E-state index is 5.53. The second-order valence-corrected chi connectivity index (χ2v) is 25.3. The molecular weight excluding hydrogens is 751 g/mol. The first-order valence-corrected chi connectivity index (χ1v) is 20.3. The van der Waals surface area contributed by atoms with Gasteiger partial charge in [0, 0.05) is 6.04 Å². The molecule has 6 nitrogen and oxygen atoms in total. The van der Waals surface area contributed by atoms with Crippen molar-refractivity contribution in [1.82, 2.24) is 18.5 Å². The van der Waals surface area contributed by atoms with Gasteiger partial charge in [0.1, 0.15) is 0 Å². The van der Waals surface area contributed by atoms with Crippen LogP contribution in [0.2, 0.25) is 0 Å². The third kappa shape index (κ3) is 76.3. The summed E-state index contributed by atoms with van der Waals surface area (Å²) in [7, 11) is 29.8. The van der Waals surface area contributed by atoms with Crippen molar-refractivity contribution in [1.29, 1.82) is 0 Å². The Bertz CT molecular complexity index is 127. The van der Waals surface area contributed by atoms with Gasteiger partial charge in [-0.25, -0.2) is 0 Å².